The van der Waals surface area contributed by atoms with E-state index in [1.807, 2.05) is 12.1 Å². The topological polar surface area (TPSA) is 106 Å². The lowest BCUT2D eigenvalue weighted by molar-refractivity contribution is -0.116. The molecule has 6 nitrogen and oxygen atoms in total. The zero-order chi connectivity index (χ0) is 15.0. The van der Waals surface area contributed by atoms with Gasteiger partial charge in [-0.3, -0.25) is 9.69 Å². The number of nitrogens with one attached hydrogen (secondary N) is 1. The average molecular weight is 292 g/mol. The number of halogens is 1. The molecule has 0 aromatic heterocycles. The number of benzene rings is 1. The summed E-state index contributed by atoms with van der Waals surface area (Å²) in [5.41, 5.74) is 6.58. The van der Waals surface area contributed by atoms with Crippen molar-refractivity contribution in [3.8, 4) is 12.1 Å². The molecule has 0 saturated heterocycles. The van der Waals surface area contributed by atoms with E-state index in [9.17, 15) is 4.79 Å². The van der Waals surface area contributed by atoms with Gasteiger partial charge in [-0.1, -0.05) is 11.6 Å². The minimum atomic E-state index is -0.215. The number of rotatable bonds is 6. The van der Waals surface area contributed by atoms with Crippen LogP contribution in [0, 0.1) is 22.7 Å². The monoisotopic (exact) mass is 291 g/mol. The summed E-state index contributed by atoms with van der Waals surface area (Å²) in [6.07, 6.45) is 0.186. The molecule has 1 rings (SSSR count). The highest BCUT2D eigenvalue weighted by Gasteiger charge is 2.08. The molecular weight excluding hydrogens is 278 g/mol. The molecule has 1 amide bonds. The molecule has 0 fully saturated rings. The van der Waals surface area contributed by atoms with E-state index in [2.05, 4.69) is 5.32 Å². The van der Waals surface area contributed by atoms with Crippen LogP contribution in [0.15, 0.2) is 18.2 Å². The van der Waals surface area contributed by atoms with E-state index in [-0.39, 0.29) is 25.4 Å². The molecule has 0 aliphatic heterocycles. The highest BCUT2D eigenvalue weighted by atomic mass is 35.5. The molecule has 0 aliphatic rings. The predicted molar refractivity (Wildman–Crippen MR) is 76.8 cm³/mol. The molecule has 0 heterocycles. The third kappa shape index (κ3) is 5.15. The van der Waals surface area contributed by atoms with Crippen LogP contribution in [-0.2, 0) is 4.79 Å². The molecular formula is C13H14ClN5O. The number of hydrogen-bond donors (Lipinski definition) is 2. The van der Waals surface area contributed by atoms with Gasteiger partial charge in [0.05, 0.1) is 35.9 Å². The molecule has 0 saturated carbocycles. The van der Waals surface area contributed by atoms with E-state index in [1.54, 1.807) is 23.1 Å². The molecule has 104 valence electrons. The van der Waals surface area contributed by atoms with Crippen molar-refractivity contribution in [2.24, 2.45) is 0 Å². The van der Waals surface area contributed by atoms with Crippen molar-refractivity contribution in [3.05, 3.63) is 23.2 Å². The zero-order valence-corrected chi connectivity index (χ0v) is 11.5. The number of nitrogens with two attached hydrogens (primary N) is 1. The maximum Gasteiger partial charge on any atom is 0.225 e. The van der Waals surface area contributed by atoms with Gasteiger partial charge in [0.2, 0.25) is 5.91 Å². The number of nitriles is 2. The maximum absolute atomic E-state index is 11.7. The van der Waals surface area contributed by atoms with E-state index >= 15 is 0 Å². The van der Waals surface area contributed by atoms with Crippen molar-refractivity contribution in [1.82, 2.24) is 4.90 Å². The highest BCUT2D eigenvalue weighted by molar-refractivity contribution is 6.33. The Labute approximate surface area is 122 Å². The molecule has 0 radical (unpaired) electrons. The Balaban J connectivity index is 2.49. The van der Waals surface area contributed by atoms with Crippen molar-refractivity contribution >= 4 is 28.9 Å². The third-order valence-corrected chi connectivity index (χ3v) is 2.87. The van der Waals surface area contributed by atoms with Crippen molar-refractivity contribution in [2.75, 3.05) is 30.7 Å². The molecule has 20 heavy (non-hydrogen) atoms. The maximum atomic E-state index is 11.7. The fourth-order valence-electron chi connectivity index (χ4n) is 1.52. The van der Waals surface area contributed by atoms with Gasteiger partial charge in [0.15, 0.2) is 0 Å². The van der Waals surface area contributed by atoms with E-state index < -0.39 is 0 Å². The number of amides is 1. The Morgan fingerprint density at radius 3 is 2.55 bits per heavy atom. The average Bonchev–Trinajstić information content (AvgIpc) is 2.41. The number of anilines is 2. The first-order valence-corrected chi connectivity index (χ1v) is 6.25. The standard InChI is InChI=1S/C13H14ClN5O/c14-11-2-1-10(9-12(11)17)18-13(20)3-6-19(7-4-15)8-5-16/h1-2,9H,3,6-8,17H2,(H,18,20). The summed E-state index contributed by atoms with van der Waals surface area (Å²) in [5, 5.41) is 20.3. The van der Waals surface area contributed by atoms with Gasteiger partial charge in [-0.05, 0) is 18.2 Å². The Bertz CT molecular complexity index is 545. The number of carbonyl (C=O) groups is 1. The first-order valence-electron chi connectivity index (χ1n) is 5.88. The van der Waals surface area contributed by atoms with Crippen LogP contribution in [0.25, 0.3) is 0 Å². The van der Waals surface area contributed by atoms with E-state index in [0.29, 0.717) is 22.9 Å². The Morgan fingerprint density at radius 1 is 1.35 bits per heavy atom. The largest absolute Gasteiger partial charge is 0.397 e. The normalized spacial score (nSPS) is 9.80. The number of hydrogen-bond acceptors (Lipinski definition) is 5. The summed E-state index contributed by atoms with van der Waals surface area (Å²) in [4.78, 5) is 13.3. The smallest absolute Gasteiger partial charge is 0.225 e. The number of carbonyl (C=O) groups excluding carboxylic acids is 1. The zero-order valence-electron chi connectivity index (χ0n) is 10.8. The minimum Gasteiger partial charge on any atom is -0.397 e. The van der Waals surface area contributed by atoms with Crippen LogP contribution >= 0.6 is 11.6 Å². The summed E-state index contributed by atoms with van der Waals surface area (Å²) in [7, 11) is 0. The summed E-state index contributed by atoms with van der Waals surface area (Å²) in [5.74, 6) is -0.215. The number of nitrogens with zero attached hydrogens (tertiary/aromatic N) is 3. The summed E-state index contributed by atoms with van der Waals surface area (Å²) in [6, 6.07) is 8.73. The van der Waals surface area contributed by atoms with Gasteiger partial charge < -0.3 is 11.1 Å². The van der Waals surface area contributed by atoms with Crippen LogP contribution in [0.2, 0.25) is 5.02 Å². The lowest BCUT2D eigenvalue weighted by atomic mass is 10.2. The fourth-order valence-corrected chi connectivity index (χ4v) is 1.64. The van der Waals surface area contributed by atoms with E-state index in [0.717, 1.165) is 0 Å². The minimum absolute atomic E-state index is 0.120. The molecule has 7 heteroatoms. The molecule has 0 spiro atoms. The number of nitrogen functional groups attached to an aromatic ring is 1. The van der Waals surface area contributed by atoms with E-state index in [1.165, 1.54) is 0 Å². The molecule has 0 unspecified atom stereocenters. The van der Waals surface area contributed by atoms with Crippen LogP contribution in [-0.4, -0.2) is 30.4 Å². The Kier molecular flexibility index (Phi) is 6.31. The van der Waals surface area contributed by atoms with Crippen LogP contribution in [0.3, 0.4) is 0 Å². The van der Waals surface area contributed by atoms with Gasteiger partial charge in [-0.25, -0.2) is 0 Å². The Hall–Kier alpha value is -2.28. The van der Waals surface area contributed by atoms with Gasteiger partial charge in [0, 0.05) is 18.7 Å². The SMILES string of the molecule is N#CCN(CC#N)CCC(=O)Nc1ccc(Cl)c(N)c1. The fraction of sp³-hybridized carbons (Fsp3) is 0.308. The predicted octanol–water partition coefficient (Wildman–Crippen LogP) is 1.60. The quantitative estimate of drug-likeness (QED) is 0.611. The first kappa shape index (κ1) is 15.8. The van der Waals surface area contributed by atoms with Crippen molar-refractivity contribution in [1.29, 1.82) is 10.5 Å². The summed E-state index contributed by atoms with van der Waals surface area (Å²) >= 11 is 5.78. The van der Waals surface area contributed by atoms with Gasteiger partial charge in [0.1, 0.15) is 0 Å². The molecule has 1 aromatic rings. The highest BCUT2D eigenvalue weighted by Crippen LogP contribution is 2.22. The Morgan fingerprint density at radius 2 is 2.00 bits per heavy atom. The summed E-state index contributed by atoms with van der Waals surface area (Å²) in [6.45, 7) is 0.583. The van der Waals surface area contributed by atoms with Crippen molar-refractivity contribution < 1.29 is 4.79 Å². The van der Waals surface area contributed by atoms with Crippen LogP contribution in [0.4, 0.5) is 11.4 Å². The van der Waals surface area contributed by atoms with Crippen LogP contribution in [0.5, 0.6) is 0 Å². The first-order chi connectivity index (χ1) is 9.56. The van der Waals surface area contributed by atoms with Crippen molar-refractivity contribution in [3.63, 3.8) is 0 Å². The summed E-state index contributed by atoms with van der Waals surface area (Å²) < 4.78 is 0. The lowest BCUT2D eigenvalue weighted by Gasteiger charge is -2.14. The molecule has 0 atom stereocenters. The van der Waals surface area contributed by atoms with E-state index in [4.69, 9.17) is 27.9 Å². The third-order valence-electron chi connectivity index (χ3n) is 2.52. The molecule has 1 aromatic carbocycles. The van der Waals surface area contributed by atoms with Crippen LogP contribution < -0.4 is 11.1 Å². The second kappa shape index (κ2) is 8.00. The molecule has 3 N–H and O–H groups in total. The molecule has 0 bridgehead atoms. The van der Waals surface area contributed by atoms with Crippen molar-refractivity contribution in [2.45, 2.75) is 6.42 Å². The molecule has 0 aliphatic carbocycles. The van der Waals surface area contributed by atoms with Crippen LogP contribution in [0.1, 0.15) is 6.42 Å². The van der Waals surface area contributed by atoms with Gasteiger partial charge >= 0.3 is 0 Å². The lowest BCUT2D eigenvalue weighted by Crippen LogP contribution is -2.28. The second-order valence-electron chi connectivity index (χ2n) is 4.06. The van der Waals surface area contributed by atoms with Gasteiger partial charge in [0.25, 0.3) is 0 Å². The second-order valence-corrected chi connectivity index (χ2v) is 4.47. The van der Waals surface area contributed by atoms with Gasteiger partial charge in [-0.2, -0.15) is 10.5 Å². The van der Waals surface area contributed by atoms with Gasteiger partial charge in [-0.15, -0.1) is 0 Å².